The van der Waals surface area contributed by atoms with Gasteiger partial charge in [0, 0.05) is 12.6 Å². The Kier molecular flexibility index (Phi) is 5.03. The molecule has 1 saturated heterocycles. The fourth-order valence-electron chi connectivity index (χ4n) is 2.45. The molecule has 0 aromatic heterocycles. The molecule has 116 valence electrons. The van der Waals surface area contributed by atoms with Crippen molar-refractivity contribution in [3.63, 3.8) is 0 Å². The molecule has 1 aromatic rings. The Morgan fingerprint density at radius 1 is 1.57 bits per heavy atom. The molecule has 2 unspecified atom stereocenters. The number of morpholine rings is 1. The topological polar surface area (TPSA) is 85.0 Å². The van der Waals surface area contributed by atoms with Crippen LogP contribution >= 0.6 is 0 Å². The monoisotopic (exact) mass is 294 g/mol. The van der Waals surface area contributed by atoms with Crippen molar-refractivity contribution in [1.82, 2.24) is 0 Å². The van der Waals surface area contributed by atoms with Crippen molar-refractivity contribution >= 4 is 17.3 Å². The molecule has 1 aliphatic heterocycles. The van der Waals surface area contributed by atoms with Crippen molar-refractivity contribution in [3.8, 4) is 0 Å². The van der Waals surface area contributed by atoms with Gasteiger partial charge in [-0.25, -0.2) is 4.79 Å². The molecule has 0 radical (unpaired) electrons. The SMILES string of the molecule is CCOC(=O)c1cccc(N2CC(CO)OCC2C)c1N. The number of nitrogens with zero attached hydrogens (tertiary/aromatic N) is 1. The van der Waals surface area contributed by atoms with Crippen molar-refractivity contribution in [3.05, 3.63) is 23.8 Å². The Hall–Kier alpha value is -1.79. The molecule has 1 aromatic carbocycles. The lowest BCUT2D eigenvalue weighted by atomic mass is 10.1. The summed E-state index contributed by atoms with van der Waals surface area (Å²) in [6.45, 7) is 5.09. The Morgan fingerprint density at radius 3 is 3.00 bits per heavy atom. The van der Waals surface area contributed by atoms with E-state index >= 15 is 0 Å². The molecule has 2 rings (SSSR count). The van der Waals surface area contributed by atoms with Gasteiger partial charge in [-0.3, -0.25) is 0 Å². The number of esters is 1. The van der Waals surface area contributed by atoms with Crippen LogP contribution in [0, 0.1) is 0 Å². The predicted octanol–water partition coefficient (Wildman–Crippen LogP) is 1.03. The van der Waals surface area contributed by atoms with Crippen LogP contribution in [-0.2, 0) is 9.47 Å². The average Bonchev–Trinajstić information content (AvgIpc) is 2.48. The number of anilines is 2. The Balaban J connectivity index is 2.30. The summed E-state index contributed by atoms with van der Waals surface area (Å²) < 4.78 is 10.5. The summed E-state index contributed by atoms with van der Waals surface area (Å²) in [6, 6.07) is 5.43. The fourth-order valence-corrected chi connectivity index (χ4v) is 2.45. The van der Waals surface area contributed by atoms with E-state index in [0.717, 1.165) is 5.69 Å². The van der Waals surface area contributed by atoms with Gasteiger partial charge in [-0.05, 0) is 26.0 Å². The zero-order valence-corrected chi connectivity index (χ0v) is 12.4. The largest absolute Gasteiger partial charge is 0.462 e. The second-order valence-corrected chi connectivity index (χ2v) is 5.10. The van der Waals surface area contributed by atoms with E-state index < -0.39 is 5.97 Å². The van der Waals surface area contributed by atoms with Crippen molar-refractivity contribution in [2.24, 2.45) is 0 Å². The van der Waals surface area contributed by atoms with Gasteiger partial charge in [-0.2, -0.15) is 0 Å². The van der Waals surface area contributed by atoms with E-state index in [4.69, 9.17) is 15.2 Å². The number of rotatable bonds is 4. The number of para-hydroxylation sites is 1. The van der Waals surface area contributed by atoms with Crippen LogP contribution in [0.1, 0.15) is 24.2 Å². The van der Waals surface area contributed by atoms with Crippen LogP contribution in [0.5, 0.6) is 0 Å². The number of carbonyl (C=O) groups excluding carboxylic acids is 1. The molecule has 6 heteroatoms. The highest BCUT2D eigenvalue weighted by Crippen LogP contribution is 2.30. The van der Waals surface area contributed by atoms with Gasteiger partial charge in [0.15, 0.2) is 0 Å². The highest BCUT2D eigenvalue weighted by Gasteiger charge is 2.28. The quantitative estimate of drug-likeness (QED) is 0.637. The van der Waals surface area contributed by atoms with Crippen LogP contribution in [0.3, 0.4) is 0 Å². The molecular formula is C15H22N2O4. The number of nitrogen functional groups attached to an aromatic ring is 1. The van der Waals surface area contributed by atoms with Crippen LogP contribution in [-0.4, -0.2) is 49.6 Å². The maximum absolute atomic E-state index is 11.9. The lowest BCUT2D eigenvalue weighted by Gasteiger charge is -2.39. The van der Waals surface area contributed by atoms with Crippen molar-refractivity contribution < 1.29 is 19.4 Å². The fraction of sp³-hybridized carbons (Fsp3) is 0.533. The van der Waals surface area contributed by atoms with Gasteiger partial charge >= 0.3 is 5.97 Å². The average molecular weight is 294 g/mol. The number of aliphatic hydroxyl groups excluding tert-OH is 1. The van der Waals surface area contributed by atoms with Crippen molar-refractivity contribution in [2.45, 2.75) is 26.0 Å². The van der Waals surface area contributed by atoms with Crippen LogP contribution in [0.4, 0.5) is 11.4 Å². The van der Waals surface area contributed by atoms with E-state index in [9.17, 15) is 9.90 Å². The Bertz CT molecular complexity index is 506. The summed E-state index contributed by atoms with van der Waals surface area (Å²) in [7, 11) is 0. The first-order chi connectivity index (χ1) is 10.1. The summed E-state index contributed by atoms with van der Waals surface area (Å²) in [5.41, 5.74) is 7.69. The summed E-state index contributed by atoms with van der Waals surface area (Å²) >= 11 is 0. The van der Waals surface area contributed by atoms with E-state index in [1.165, 1.54) is 0 Å². The molecule has 21 heavy (non-hydrogen) atoms. The normalized spacial score (nSPS) is 22.1. The summed E-state index contributed by atoms with van der Waals surface area (Å²) in [6.07, 6.45) is -0.244. The first-order valence-corrected chi connectivity index (χ1v) is 7.13. The second kappa shape index (κ2) is 6.78. The molecule has 0 spiro atoms. The smallest absolute Gasteiger partial charge is 0.340 e. The number of ether oxygens (including phenoxy) is 2. The molecule has 0 bridgehead atoms. The predicted molar refractivity (Wildman–Crippen MR) is 80.4 cm³/mol. The van der Waals surface area contributed by atoms with Crippen LogP contribution in [0.25, 0.3) is 0 Å². The number of aliphatic hydroxyl groups is 1. The van der Waals surface area contributed by atoms with Gasteiger partial charge in [0.05, 0.1) is 42.9 Å². The number of hydrogen-bond donors (Lipinski definition) is 2. The number of nitrogens with two attached hydrogens (primary N) is 1. The Morgan fingerprint density at radius 2 is 2.33 bits per heavy atom. The summed E-state index contributed by atoms with van der Waals surface area (Å²) in [5, 5.41) is 9.27. The molecule has 0 saturated carbocycles. The van der Waals surface area contributed by atoms with Gasteiger partial charge in [0.25, 0.3) is 0 Å². The van der Waals surface area contributed by atoms with Crippen molar-refractivity contribution in [1.29, 1.82) is 0 Å². The molecule has 2 atom stereocenters. The molecule has 1 fully saturated rings. The lowest BCUT2D eigenvalue weighted by Crippen LogP contribution is -2.49. The van der Waals surface area contributed by atoms with E-state index in [2.05, 4.69) is 4.90 Å². The van der Waals surface area contributed by atoms with Gasteiger partial charge in [-0.15, -0.1) is 0 Å². The third kappa shape index (κ3) is 3.28. The highest BCUT2D eigenvalue weighted by molar-refractivity contribution is 5.98. The van der Waals surface area contributed by atoms with E-state index in [0.29, 0.717) is 31.0 Å². The van der Waals surface area contributed by atoms with Gasteiger partial charge < -0.3 is 25.2 Å². The van der Waals surface area contributed by atoms with E-state index in [1.807, 2.05) is 13.0 Å². The molecule has 1 aliphatic rings. The molecule has 3 N–H and O–H groups in total. The first-order valence-electron chi connectivity index (χ1n) is 7.13. The van der Waals surface area contributed by atoms with Crippen molar-refractivity contribution in [2.75, 3.05) is 37.0 Å². The summed E-state index contributed by atoms with van der Waals surface area (Å²) in [4.78, 5) is 14.0. The molecule has 0 amide bonds. The van der Waals surface area contributed by atoms with Gasteiger partial charge in [0.2, 0.25) is 0 Å². The highest BCUT2D eigenvalue weighted by atomic mass is 16.5. The van der Waals surface area contributed by atoms with Crippen LogP contribution in [0.15, 0.2) is 18.2 Å². The number of benzene rings is 1. The summed E-state index contributed by atoms with van der Waals surface area (Å²) in [5.74, 6) is -0.420. The maximum Gasteiger partial charge on any atom is 0.340 e. The zero-order chi connectivity index (χ0) is 15.4. The van der Waals surface area contributed by atoms with Gasteiger partial charge in [0.1, 0.15) is 0 Å². The molecular weight excluding hydrogens is 272 g/mol. The second-order valence-electron chi connectivity index (χ2n) is 5.10. The number of carbonyl (C=O) groups is 1. The van der Waals surface area contributed by atoms with Gasteiger partial charge in [-0.1, -0.05) is 6.07 Å². The minimum Gasteiger partial charge on any atom is -0.462 e. The lowest BCUT2D eigenvalue weighted by molar-refractivity contribution is -0.0102. The van der Waals surface area contributed by atoms with Crippen LogP contribution < -0.4 is 10.6 Å². The minimum absolute atomic E-state index is 0.0410. The zero-order valence-electron chi connectivity index (χ0n) is 12.4. The number of hydrogen-bond acceptors (Lipinski definition) is 6. The molecule has 6 nitrogen and oxygen atoms in total. The third-order valence-electron chi connectivity index (χ3n) is 3.60. The molecule has 0 aliphatic carbocycles. The van der Waals surface area contributed by atoms with Crippen LogP contribution in [0.2, 0.25) is 0 Å². The van der Waals surface area contributed by atoms with E-state index in [-0.39, 0.29) is 18.8 Å². The first kappa shape index (κ1) is 15.6. The standard InChI is InChI=1S/C15H22N2O4/c1-3-20-15(19)12-5-4-6-13(14(12)16)17-7-11(8-18)21-9-10(17)2/h4-6,10-11,18H,3,7-9,16H2,1-2H3. The Labute approximate surface area is 124 Å². The molecule has 1 heterocycles. The van der Waals surface area contributed by atoms with E-state index in [1.54, 1.807) is 19.1 Å². The third-order valence-corrected chi connectivity index (χ3v) is 3.60. The minimum atomic E-state index is -0.420. The maximum atomic E-state index is 11.9.